The zero-order valence-corrected chi connectivity index (χ0v) is 16.1. The maximum atomic E-state index is 12.7. The first-order valence-corrected chi connectivity index (χ1v) is 9.01. The number of aryl methyl sites for hydroxylation is 1. The Hall–Kier alpha value is -3.12. The average Bonchev–Trinajstić information content (AvgIpc) is 3.16. The van der Waals surface area contributed by atoms with E-state index in [2.05, 4.69) is 26.6 Å². The molecule has 6 heteroatoms. The van der Waals surface area contributed by atoms with Gasteiger partial charge in [-0.05, 0) is 55.5 Å². The van der Waals surface area contributed by atoms with Gasteiger partial charge in [0.25, 0.3) is 11.8 Å². The summed E-state index contributed by atoms with van der Waals surface area (Å²) < 4.78 is 6.13. The van der Waals surface area contributed by atoms with Gasteiger partial charge in [0.1, 0.15) is 11.5 Å². The van der Waals surface area contributed by atoms with Crippen molar-refractivity contribution in [3.63, 3.8) is 0 Å². The Morgan fingerprint density at radius 1 is 1.00 bits per heavy atom. The number of carbonyl (C=O) groups excluding carboxylic acids is 2. The molecular formula is C21H17BrN2O3. The fourth-order valence-corrected chi connectivity index (χ4v) is 2.57. The Kier molecular flexibility index (Phi) is 5.88. The number of amides is 2. The summed E-state index contributed by atoms with van der Waals surface area (Å²) in [5, 5.41) is 5.43. The fourth-order valence-electron chi connectivity index (χ4n) is 2.31. The first kappa shape index (κ1) is 18.7. The van der Waals surface area contributed by atoms with Crippen LogP contribution >= 0.6 is 15.9 Å². The topological polar surface area (TPSA) is 71.3 Å². The average molecular weight is 425 g/mol. The lowest BCUT2D eigenvalue weighted by molar-refractivity contribution is -0.113. The Morgan fingerprint density at radius 2 is 1.70 bits per heavy atom. The number of rotatable bonds is 5. The molecule has 2 amide bonds. The van der Waals surface area contributed by atoms with Crippen molar-refractivity contribution in [3.8, 4) is 0 Å². The van der Waals surface area contributed by atoms with Crippen LogP contribution in [0.25, 0.3) is 6.08 Å². The molecule has 0 fully saturated rings. The van der Waals surface area contributed by atoms with Crippen LogP contribution in [0.1, 0.15) is 21.7 Å². The Bertz CT molecular complexity index is 960. The van der Waals surface area contributed by atoms with Gasteiger partial charge in [0, 0.05) is 21.8 Å². The largest absolute Gasteiger partial charge is 0.465 e. The van der Waals surface area contributed by atoms with Crippen LogP contribution in [0.4, 0.5) is 5.69 Å². The maximum Gasteiger partial charge on any atom is 0.272 e. The molecule has 0 spiro atoms. The van der Waals surface area contributed by atoms with Gasteiger partial charge in [-0.2, -0.15) is 0 Å². The molecule has 2 aromatic carbocycles. The van der Waals surface area contributed by atoms with Crippen LogP contribution in [-0.2, 0) is 4.79 Å². The van der Waals surface area contributed by atoms with Crippen molar-refractivity contribution < 1.29 is 14.0 Å². The van der Waals surface area contributed by atoms with E-state index in [1.807, 2.05) is 19.1 Å². The molecule has 5 nitrogen and oxygen atoms in total. The van der Waals surface area contributed by atoms with Crippen LogP contribution in [-0.4, -0.2) is 11.8 Å². The summed E-state index contributed by atoms with van der Waals surface area (Å²) in [7, 11) is 0. The molecule has 0 saturated heterocycles. The summed E-state index contributed by atoms with van der Waals surface area (Å²) >= 11 is 3.33. The predicted octanol–water partition coefficient (Wildman–Crippen LogP) is 4.76. The van der Waals surface area contributed by atoms with Crippen LogP contribution in [0, 0.1) is 6.92 Å². The molecule has 1 heterocycles. The molecule has 27 heavy (non-hydrogen) atoms. The van der Waals surface area contributed by atoms with Gasteiger partial charge >= 0.3 is 0 Å². The Morgan fingerprint density at radius 3 is 2.33 bits per heavy atom. The normalized spacial score (nSPS) is 11.1. The summed E-state index contributed by atoms with van der Waals surface area (Å²) in [6.45, 7) is 1.96. The summed E-state index contributed by atoms with van der Waals surface area (Å²) in [6, 6.07) is 17.7. The van der Waals surface area contributed by atoms with E-state index in [9.17, 15) is 9.59 Å². The van der Waals surface area contributed by atoms with Gasteiger partial charge in [-0.25, -0.2) is 0 Å². The predicted molar refractivity (Wildman–Crippen MR) is 108 cm³/mol. The molecule has 3 aromatic rings. The first-order chi connectivity index (χ1) is 13.0. The molecule has 3 rings (SSSR count). The molecule has 0 radical (unpaired) electrons. The minimum absolute atomic E-state index is 0.0819. The van der Waals surface area contributed by atoms with Crippen molar-refractivity contribution >= 4 is 39.5 Å². The lowest BCUT2D eigenvalue weighted by Gasteiger charge is -2.11. The maximum absolute atomic E-state index is 12.7. The fraction of sp³-hybridized carbons (Fsp3) is 0.0476. The molecule has 0 bridgehead atoms. The van der Waals surface area contributed by atoms with Crippen LogP contribution in [0.2, 0.25) is 0 Å². The van der Waals surface area contributed by atoms with Gasteiger partial charge in [0.15, 0.2) is 0 Å². The van der Waals surface area contributed by atoms with E-state index in [-0.39, 0.29) is 11.6 Å². The standard InChI is InChI=1S/C21H17BrN2O3/c1-14-4-10-17(11-5-14)23-21(26)19(13-18-3-2-12-27-18)24-20(25)15-6-8-16(22)9-7-15/h2-13H,1H3,(H,23,26)(H,24,25). The van der Waals surface area contributed by atoms with Crippen molar-refractivity contribution in [1.29, 1.82) is 0 Å². The second-order valence-electron chi connectivity index (χ2n) is 5.85. The third-order valence-corrected chi connectivity index (χ3v) is 4.27. The SMILES string of the molecule is Cc1ccc(NC(=O)C(=Cc2ccco2)NC(=O)c2ccc(Br)cc2)cc1. The third-order valence-electron chi connectivity index (χ3n) is 3.74. The summed E-state index contributed by atoms with van der Waals surface area (Å²) in [4.78, 5) is 25.2. The summed E-state index contributed by atoms with van der Waals surface area (Å²) in [6.07, 6.45) is 2.98. The van der Waals surface area contributed by atoms with Gasteiger partial charge < -0.3 is 15.1 Å². The highest BCUT2D eigenvalue weighted by molar-refractivity contribution is 9.10. The molecule has 0 aliphatic rings. The van der Waals surface area contributed by atoms with Crippen molar-refractivity contribution in [3.05, 3.63) is 94.0 Å². The van der Waals surface area contributed by atoms with Gasteiger partial charge in [0.05, 0.1) is 6.26 Å². The highest BCUT2D eigenvalue weighted by Gasteiger charge is 2.15. The number of halogens is 1. The molecule has 0 aliphatic heterocycles. The van der Waals surface area contributed by atoms with E-state index < -0.39 is 5.91 Å². The van der Waals surface area contributed by atoms with E-state index in [0.717, 1.165) is 10.0 Å². The second-order valence-corrected chi connectivity index (χ2v) is 6.77. The smallest absolute Gasteiger partial charge is 0.272 e. The van der Waals surface area contributed by atoms with Crippen molar-refractivity contribution in [1.82, 2.24) is 5.32 Å². The quantitative estimate of drug-likeness (QED) is 0.579. The van der Waals surface area contributed by atoms with Gasteiger partial charge in [-0.1, -0.05) is 33.6 Å². The van der Waals surface area contributed by atoms with Crippen LogP contribution in [0.15, 0.2) is 81.5 Å². The molecular weight excluding hydrogens is 408 g/mol. The molecule has 2 N–H and O–H groups in total. The first-order valence-electron chi connectivity index (χ1n) is 8.21. The molecule has 0 saturated carbocycles. The molecule has 0 unspecified atom stereocenters. The number of hydrogen-bond acceptors (Lipinski definition) is 3. The molecule has 136 valence electrons. The summed E-state index contributed by atoms with van der Waals surface area (Å²) in [5.74, 6) is -0.375. The van der Waals surface area contributed by atoms with Crippen molar-refractivity contribution in [2.75, 3.05) is 5.32 Å². The monoisotopic (exact) mass is 424 g/mol. The lowest BCUT2D eigenvalue weighted by atomic mass is 10.2. The highest BCUT2D eigenvalue weighted by Crippen LogP contribution is 2.14. The number of anilines is 1. The molecule has 0 atom stereocenters. The zero-order chi connectivity index (χ0) is 19.2. The number of hydrogen-bond donors (Lipinski definition) is 2. The second kappa shape index (κ2) is 8.51. The molecule has 1 aromatic heterocycles. The van der Waals surface area contributed by atoms with Gasteiger partial charge in [0.2, 0.25) is 0 Å². The number of furan rings is 1. The van der Waals surface area contributed by atoms with E-state index in [4.69, 9.17) is 4.42 Å². The molecule has 0 aliphatic carbocycles. The van der Waals surface area contributed by atoms with Crippen molar-refractivity contribution in [2.45, 2.75) is 6.92 Å². The van der Waals surface area contributed by atoms with Gasteiger partial charge in [-0.3, -0.25) is 9.59 Å². The van der Waals surface area contributed by atoms with E-state index in [1.54, 1.807) is 48.5 Å². The number of benzene rings is 2. The van der Waals surface area contributed by atoms with E-state index >= 15 is 0 Å². The minimum atomic E-state index is -0.444. The Labute approximate surface area is 165 Å². The summed E-state index contributed by atoms with van der Waals surface area (Å²) in [5.41, 5.74) is 2.24. The van der Waals surface area contributed by atoms with Crippen molar-refractivity contribution in [2.24, 2.45) is 0 Å². The number of carbonyl (C=O) groups is 2. The zero-order valence-electron chi connectivity index (χ0n) is 14.5. The lowest BCUT2D eigenvalue weighted by Crippen LogP contribution is -2.30. The number of nitrogens with one attached hydrogen (secondary N) is 2. The van der Waals surface area contributed by atoms with Gasteiger partial charge in [-0.15, -0.1) is 0 Å². The highest BCUT2D eigenvalue weighted by atomic mass is 79.9. The minimum Gasteiger partial charge on any atom is -0.465 e. The van der Waals surface area contributed by atoms with E-state index in [1.165, 1.54) is 12.3 Å². The van der Waals surface area contributed by atoms with Crippen LogP contribution in [0.5, 0.6) is 0 Å². The van der Waals surface area contributed by atoms with E-state index in [0.29, 0.717) is 17.0 Å². The van der Waals surface area contributed by atoms with Crippen LogP contribution in [0.3, 0.4) is 0 Å². The third kappa shape index (κ3) is 5.18. The van der Waals surface area contributed by atoms with Crippen LogP contribution < -0.4 is 10.6 Å². The Balaban J connectivity index is 1.82.